The second-order valence-corrected chi connectivity index (χ2v) is 13.3. The number of esters is 1. The molecule has 0 aliphatic heterocycles. The van der Waals surface area contributed by atoms with Crippen LogP contribution in [0.3, 0.4) is 0 Å². The number of hydrogen-bond donors (Lipinski definition) is 1. The van der Waals surface area contributed by atoms with E-state index in [1.165, 1.54) is 64.7 Å². The Morgan fingerprint density at radius 3 is 2.41 bits per heavy atom. The van der Waals surface area contributed by atoms with Crippen molar-refractivity contribution >= 4 is 5.97 Å². The van der Waals surface area contributed by atoms with Gasteiger partial charge in [-0.15, -0.1) is 0 Å². The van der Waals surface area contributed by atoms with Crippen molar-refractivity contribution < 1.29 is 14.6 Å². The summed E-state index contributed by atoms with van der Waals surface area (Å²) >= 11 is 0. The SMILES string of the molecule is CC(=O)O[C@H]1CC2CC[C@H]3[C@@H]4CC[C@H]([C@H](C)CCCC(C)C)[C@@]4(C)CC[C@@H]3[C@@]2(C)C[C@@H]1O. The molecule has 4 aliphatic carbocycles. The molecule has 0 radical (unpaired) electrons. The lowest BCUT2D eigenvalue weighted by Crippen LogP contribution is -2.57. The van der Waals surface area contributed by atoms with Gasteiger partial charge < -0.3 is 9.84 Å². The molecule has 4 aliphatic rings. The Hall–Kier alpha value is -0.570. The Bertz CT molecular complexity index is 673. The summed E-state index contributed by atoms with van der Waals surface area (Å²) in [5.41, 5.74) is 0.733. The van der Waals surface area contributed by atoms with Crippen LogP contribution in [0.25, 0.3) is 0 Å². The highest BCUT2D eigenvalue weighted by molar-refractivity contribution is 5.66. The van der Waals surface area contributed by atoms with Crippen molar-refractivity contribution in [3.05, 3.63) is 0 Å². The second kappa shape index (κ2) is 9.23. The van der Waals surface area contributed by atoms with Crippen LogP contribution in [0, 0.1) is 52.3 Å². The summed E-state index contributed by atoms with van der Waals surface area (Å²) in [6.45, 7) is 13.9. The van der Waals surface area contributed by atoms with Crippen LogP contribution in [-0.4, -0.2) is 23.3 Å². The number of carbonyl (C=O) groups is 1. The van der Waals surface area contributed by atoms with Crippen molar-refractivity contribution in [2.45, 2.75) is 124 Å². The molecule has 0 aromatic rings. The standard InChI is InChI=1S/C29H50O3/c1-18(2)8-7-9-19(3)23-12-13-24-22-11-10-21-16-27(32-20(4)30)26(31)17-29(21,6)25(22)14-15-28(23,24)5/h18-19,21-27,31H,7-17H2,1-6H3/t19-,21?,22+,23-,24+,25+,26+,27+,28-,29+/m1/s1. The summed E-state index contributed by atoms with van der Waals surface area (Å²) in [5, 5.41) is 10.9. The van der Waals surface area contributed by atoms with E-state index in [0.717, 1.165) is 48.3 Å². The van der Waals surface area contributed by atoms with Gasteiger partial charge in [0, 0.05) is 6.92 Å². The first kappa shape index (κ1) is 24.6. The summed E-state index contributed by atoms with van der Waals surface area (Å²) in [7, 11) is 0. The van der Waals surface area contributed by atoms with Crippen LogP contribution in [-0.2, 0) is 9.53 Å². The van der Waals surface area contributed by atoms with E-state index in [1.807, 2.05) is 0 Å². The lowest BCUT2D eigenvalue weighted by atomic mass is 9.44. The summed E-state index contributed by atoms with van der Waals surface area (Å²) < 4.78 is 5.52. The zero-order valence-corrected chi connectivity index (χ0v) is 21.7. The highest BCUT2D eigenvalue weighted by Gasteiger charge is 2.61. The maximum Gasteiger partial charge on any atom is 0.302 e. The van der Waals surface area contributed by atoms with E-state index >= 15 is 0 Å². The molecule has 0 spiro atoms. The molecule has 3 nitrogen and oxygen atoms in total. The minimum atomic E-state index is -0.496. The first-order chi connectivity index (χ1) is 15.1. The van der Waals surface area contributed by atoms with Gasteiger partial charge >= 0.3 is 5.97 Å². The van der Waals surface area contributed by atoms with E-state index in [0.29, 0.717) is 11.3 Å². The number of rotatable bonds is 6. The number of hydrogen-bond acceptors (Lipinski definition) is 3. The molecule has 184 valence electrons. The molecule has 0 saturated heterocycles. The van der Waals surface area contributed by atoms with Crippen molar-refractivity contribution in [2.75, 3.05) is 0 Å². The van der Waals surface area contributed by atoms with Gasteiger partial charge in [0.1, 0.15) is 6.10 Å². The van der Waals surface area contributed by atoms with Gasteiger partial charge in [0.15, 0.2) is 0 Å². The first-order valence-corrected chi connectivity index (χ1v) is 13.9. The largest absolute Gasteiger partial charge is 0.460 e. The quantitative estimate of drug-likeness (QED) is 0.446. The van der Waals surface area contributed by atoms with Crippen molar-refractivity contribution in [2.24, 2.45) is 52.3 Å². The summed E-state index contributed by atoms with van der Waals surface area (Å²) in [5.74, 6) is 5.37. The predicted octanol–water partition coefficient (Wildman–Crippen LogP) is 7.01. The van der Waals surface area contributed by atoms with Gasteiger partial charge in [0.2, 0.25) is 0 Å². The van der Waals surface area contributed by atoms with Crippen molar-refractivity contribution in [3.63, 3.8) is 0 Å². The molecule has 32 heavy (non-hydrogen) atoms. The van der Waals surface area contributed by atoms with Gasteiger partial charge in [0.05, 0.1) is 6.10 Å². The predicted molar refractivity (Wildman–Crippen MR) is 130 cm³/mol. The second-order valence-electron chi connectivity index (χ2n) is 13.3. The fourth-order valence-corrected chi connectivity index (χ4v) is 9.62. The molecule has 1 unspecified atom stereocenters. The van der Waals surface area contributed by atoms with Crippen molar-refractivity contribution in [3.8, 4) is 0 Å². The lowest BCUT2D eigenvalue weighted by Gasteiger charge is -2.61. The topological polar surface area (TPSA) is 46.5 Å². The molecule has 4 saturated carbocycles. The molecular formula is C29H50O3. The highest BCUT2D eigenvalue weighted by atomic mass is 16.6. The van der Waals surface area contributed by atoms with Crippen LogP contribution >= 0.6 is 0 Å². The molecular weight excluding hydrogens is 396 g/mol. The highest BCUT2D eigenvalue weighted by Crippen LogP contribution is 2.68. The van der Waals surface area contributed by atoms with E-state index in [2.05, 4.69) is 34.6 Å². The molecule has 4 fully saturated rings. The Morgan fingerprint density at radius 2 is 1.72 bits per heavy atom. The Labute approximate surface area is 197 Å². The first-order valence-electron chi connectivity index (χ1n) is 13.9. The molecule has 0 heterocycles. The number of aliphatic hydroxyl groups is 1. The molecule has 0 bridgehead atoms. The fourth-order valence-electron chi connectivity index (χ4n) is 9.62. The summed E-state index contributed by atoms with van der Waals surface area (Å²) in [6.07, 6.45) is 13.2. The van der Waals surface area contributed by atoms with Gasteiger partial charge in [-0.25, -0.2) is 0 Å². The Kier molecular flexibility index (Phi) is 7.08. The van der Waals surface area contributed by atoms with Crippen LogP contribution in [0.4, 0.5) is 0 Å². The monoisotopic (exact) mass is 446 g/mol. The zero-order chi connectivity index (χ0) is 23.3. The van der Waals surface area contributed by atoms with Crippen molar-refractivity contribution in [1.82, 2.24) is 0 Å². The molecule has 3 heteroatoms. The minimum Gasteiger partial charge on any atom is -0.460 e. The van der Waals surface area contributed by atoms with E-state index in [-0.39, 0.29) is 17.5 Å². The van der Waals surface area contributed by atoms with E-state index in [1.54, 1.807) is 0 Å². The lowest BCUT2D eigenvalue weighted by molar-refractivity contribution is -0.182. The third-order valence-corrected chi connectivity index (χ3v) is 11.2. The maximum absolute atomic E-state index is 11.5. The van der Waals surface area contributed by atoms with E-state index in [4.69, 9.17) is 4.74 Å². The molecule has 4 rings (SSSR count). The third kappa shape index (κ3) is 4.29. The third-order valence-electron chi connectivity index (χ3n) is 11.2. The molecule has 0 amide bonds. The smallest absolute Gasteiger partial charge is 0.302 e. The Morgan fingerprint density at radius 1 is 1.00 bits per heavy atom. The van der Waals surface area contributed by atoms with Crippen molar-refractivity contribution in [1.29, 1.82) is 0 Å². The van der Waals surface area contributed by atoms with Crippen LogP contribution in [0.1, 0.15) is 112 Å². The van der Waals surface area contributed by atoms with Gasteiger partial charge in [-0.1, -0.05) is 53.9 Å². The number of ether oxygens (including phenoxy) is 1. The maximum atomic E-state index is 11.5. The van der Waals surface area contributed by atoms with Gasteiger partial charge in [-0.05, 0) is 104 Å². The van der Waals surface area contributed by atoms with Crippen LogP contribution in [0.2, 0.25) is 0 Å². The fraction of sp³-hybridized carbons (Fsp3) is 0.966. The van der Waals surface area contributed by atoms with Crippen LogP contribution in [0.15, 0.2) is 0 Å². The van der Waals surface area contributed by atoms with E-state index in [9.17, 15) is 9.90 Å². The number of fused-ring (bicyclic) bond motifs is 5. The molecule has 1 N–H and O–H groups in total. The molecule has 0 aromatic heterocycles. The molecule has 0 aromatic carbocycles. The molecule has 10 atom stereocenters. The average molecular weight is 447 g/mol. The summed E-state index contributed by atoms with van der Waals surface area (Å²) in [4.78, 5) is 11.5. The van der Waals surface area contributed by atoms with Gasteiger partial charge in [-0.2, -0.15) is 0 Å². The zero-order valence-electron chi connectivity index (χ0n) is 21.7. The number of carbonyl (C=O) groups excluding carboxylic acids is 1. The summed E-state index contributed by atoms with van der Waals surface area (Å²) in [6, 6.07) is 0. The van der Waals surface area contributed by atoms with Crippen LogP contribution in [0.5, 0.6) is 0 Å². The van der Waals surface area contributed by atoms with Crippen LogP contribution < -0.4 is 0 Å². The van der Waals surface area contributed by atoms with E-state index < -0.39 is 6.10 Å². The number of aliphatic hydroxyl groups excluding tert-OH is 1. The van der Waals surface area contributed by atoms with Gasteiger partial charge in [0.25, 0.3) is 0 Å². The minimum absolute atomic E-state index is 0.210. The normalized spacial score (nSPS) is 46.8. The average Bonchev–Trinajstić information content (AvgIpc) is 3.05. The Balaban J connectivity index is 1.46. The van der Waals surface area contributed by atoms with Gasteiger partial charge in [-0.3, -0.25) is 4.79 Å².